The number of hydrogen-bond acceptors (Lipinski definition) is 12. The molecule has 12 aromatic heterocycles. The van der Waals surface area contributed by atoms with Gasteiger partial charge < -0.3 is 18.3 Å². The summed E-state index contributed by atoms with van der Waals surface area (Å²) in [7, 11) is 0. The maximum Gasteiger partial charge on any atom is 0.187 e. The molecule has 0 fully saturated rings. The van der Waals surface area contributed by atoms with Crippen molar-refractivity contribution in [1.29, 1.82) is 0 Å². The number of pyridine rings is 4. The Morgan fingerprint density at radius 1 is 0.142 bits per heavy atom. The highest BCUT2D eigenvalue weighted by molar-refractivity contribution is 6.13. The lowest BCUT2D eigenvalue weighted by atomic mass is 10.1. The van der Waals surface area contributed by atoms with Gasteiger partial charge >= 0.3 is 0 Å². The van der Waals surface area contributed by atoms with Crippen LogP contribution in [0, 0.1) is 0 Å². The Hall–Kier alpha value is -20.6. The van der Waals surface area contributed by atoms with Crippen LogP contribution in [0.25, 0.3) is 235 Å². The Kier molecular flexibility index (Phi) is 22.7. The van der Waals surface area contributed by atoms with Crippen molar-refractivity contribution in [3.63, 3.8) is 0 Å². The van der Waals surface area contributed by atoms with Gasteiger partial charge in [0.2, 0.25) is 0 Å². The van der Waals surface area contributed by atoms with E-state index in [1.165, 1.54) is 87.2 Å². The van der Waals surface area contributed by atoms with E-state index in [9.17, 15) is 0 Å². The van der Waals surface area contributed by atoms with Crippen LogP contribution in [-0.4, -0.2) is 97.3 Å². The summed E-state index contributed by atoms with van der Waals surface area (Å²) in [5.74, 6) is 6.15. The Labute approximate surface area is 849 Å². The van der Waals surface area contributed by atoms with E-state index < -0.39 is 0 Å². The fourth-order valence-corrected chi connectivity index (χ4v) is 20.5. The monoisotopic (exact) mass is 1900 g/mol. The maximum atomic E-state index is 4.71. The molecule has 148 heavy (non-hydrogen) atoms. The topological polar surface area (TPSA) is 194 Å². The molecule has 0 bridgehead atoms. The van der Waals surface area contributed by atoms with Crippen molar-refractivity contribution in [2.24, 2.45) is 0 Å². The number of fused-ring (bicyclic) bond motifs is 13. The molecule has 12 heterocycles. The molecular formula is C128H86N20. The van der Waals surface area contributed by atoms with Gasteiger partial charge in [0, 0.05) is 170 Å². The van der Waals surface area contributed by atoms with E-state index >= 15 is 0 Å². The third-order valence-electron chi connectivity index (χ3n) is 27.2. The maximum absolute atomic E-state index is 4.71. The van der Waals surface area contributed by atoms with Gasteiger partial charge in [-0.05, 0) is 194 Å². The smallest absolute Gasteiger partial charge is 0.187 e. The van der Waals surface area contributed by atoms with Crippen LogP contribution in [-0.2, 0) is 0 Å². The number of hydrogen-bond donors (Lipinski definition) is 0. The Morgan fingerprint density at radius 2 is 0.385 bits per heavy atom. The second kappa shape index (κ2) is 38.4. The van der Waals surface area contributed by atoms with Crippen molar-refractivity contribution >= 4 is 98.1 Å². The van der Waals surface area contributed by atoms with Crippen LogP contribution in [0.3, 0.4) is 0 Å². The van der Waals surface area contributed by atoms with Crippen LogP contribution in [0.5, 0.6) is 0 Å². The van der Waals surface area contributed by atoms with E-state index in [0.29, 0.717) is 5.82 Å². The number of rotatable bonds is 16. The Morgan fingerprint density at radius 3 is 0.696 bits per heavy atom. The molecule has 0 saturated carbocycles. The average molecular weight is 1900 g/mol. The molecule has 698 valence electrons. The molecule has 29 aromatic rings. The molecule has 0 N–H and O–H groups in total. The zero-order chi connectivity index (χ0) is 98.2. The van der Waals surface area contributed by atoms with Gasteiger partial charge in [0.25, 0.3) is 0 Å². The van der Waals surface area contributed by atoms with Crippen molar-refractivity contribution in [1.82, 2.24) is 97.3 Å². The highest BCUT2D eigenvalue weighted by Crippen LogP contribution is 2.42. The number of nitrogens with zero attached hydrogens (tertiary/aromatic N) is 20. The highest BCUT2D eigenvalue weighted by atomic mass is 15.3. The summed E-state index contributed by atoms with van der Waals surface area (Å²) in [4.78, 5) is 17.7. The summed E-state index contributed by atoms with van der Waals surface area (Å²) in [5.41, 5.74) is 26.4. The third-order valence-corrected chi connectivity index (χ3v) is 27.2. The first-order chi connectivity index (χ1) is 73.5. The fourth-order valence-electron chi connectivity index (χ4n) is 20.5. The predicted molar refractivity (Wildman–Crippen MR) is 595 cm³/mol. The molecule has 0 aliphatic carbocycles. The van der Waals surface area contributed by atoms with E-state index in [1.54, 1.807) is 24.8 Å². The molecule has 0 unspecified atom stereocenters. The minimum atomic E-state index is 0.707. The second-order valence-electron chi connectivity index (χ2n) is 35.8. The van der Waals surface area contributed by atoms with Crippen molar-refractivity contribution in [2.75, 3.05) is 0 Å². The summed E-state index contributed by atoms with van der Waals surface area (Å²) in [6, 6.07) is 167. The van der Waals surface area contributed by atoms with Gasteiger partial charge in [0.05, 0.1) is 49.7 Å². The fraction of sp³-hybridized carbons (Fsp3) is 0. The summed E-state index contributed by atoms with van der Waals surface area (Å²) in [5, 5.41) is 47.8. The molecule has 0 aliphatic rings. The van der Waals surface area contributed by atoms with Crippen LogP contribution >= 0.6 is 0 Å². The molecule has 0 spiro atoms. The summed E-state index contributed by atoms with van der Waals surface area (Å²) >= 11 is 0. The van der Waals surface area contributed by atoms with Crippen molar-refractivity contribution < 1.29 is 0 Å². The first kappa shape index (κ1) is 87.6. The minimum absolute atomic E-state index is 0.707. The summed E-state index contributed by atoms with van der Waals surface area (Å²) in [6.07, 6.45) is 10.8. The van der Waals surface area contributed by atoms with Crippen LogP contribution in [0.1, 0.15) is 0 Å². The first-order valence-electron chi connectivity index (χ1n) is 49.0. The zero-order valence-electron chi connectivity index (χ0n) is 79.6. The quantitative estimate of drug-likeness (QED) is 0.0889. The van der Waals surface area contributed by atoms with Crippen LogP contribution < -0.4 is 0 Å². The average Bonchev–Trinajstić information content (AvgIpc) is 1.63. The van der Waals surface area contributed by atoms with Crippen LogP contribution in [0.2, 0.25) is 0 Å². The number of para-hydroxylation sites is 9. The molecule has 17 aromatic carbocycles. The molecule has 0 saturated heterocycles. The van der Waals surface area contributed by atoms with E-state index in [2.05, 4.69) is 445 Å². The number of aromatic nitrogens is 20. The van der Waals surface area contributed by atoms with Gasteiger partial charge in [0.15, 0.2) is 46.6 Å². The lowest BCUT2D eigenvalue weighted by molar-refractivity contribution is 1.05. The largest absolute Gasteiger partial charge is 0.309 e. The van der Waals surface area contributed by atoms with Gasteiger partial charge in [0.1, 0.15) is 5.69 Å². The third kappa shape index (κ3) is 16.0. The van der Waals surface area contributed by atoms with Gasteiger partial charge in [-0.2, -0.15) is 0 Å². The standard InChI is InChI=1S/C35H23N5.3C31H21N5/c1-2-10-25(11-3-1)34-37-38-35(30-16-8-12-24-13-9-23-36-33(24)30)40(34)27-21-19-26(20-22-27)39-31-17-6-4-14-28(31)29-15-5-7-18-32(29)39;1-2-10-22(11-3-1)30-33-34-31(27-14-8-9-21-32-27)36(30)24-19-17-23(18-20-24)35-28-15-6-4-12-25(28)26-13-5-7-16-29(26)35;1-2-9-22(10-3-1)30-33-34-31(23-11-8-20-32-21-23)36(30)25-18-16-24(17-19-25)35-28-14-6-4-12-26(28)27-13-5-7-15-29(27)35;1-2-8-22(9-3-1)30-33-34-31(23-18-20-32-21-19-23)36(30)25-16-14-24(15-17-25)35-28-12-6-4-10-26(28)27-11-5-7-13-29(27)35/h1-23H;3*1-21H. The molecule has 0 radical (unpaired) electrons. The Balaban J connectivity index is 0.0000001000. The molecule has 0 aliphatic heterocycles. The van der Waals surface area contributed by atoms with Gasteiger partial charge in [-0.15, -0.1) is 40.8 Å². The first-order valence-corrected chi connectivity index (χ1v) is 49.0. The van der Waals surface area contributed by atoms with Crippen LogP contribution in [0.4, 0.5) is 0 Å². The number of benzene rings is 17. The van der Waals surface area contributed by atoms with Crippen molar-refractivity contribution in [2.45, 2.75) is 0 Å². The normalized spacial score (nSPS) is 11.4. The SMILES string of the molecule is c1ccc(-c2nnc(-c3cccc4cccnc34)n2-c2ccc(-n3c4ccccc4c4ccccc43)cc2)cc1.c1ccc(-c2nnc(-c3ccccn3)n2-c2ccc(-n3c4ccccc4c4ccccc43)cc2)cc1.c1ccc(-c2nnc(-c3cccnc3)n2-c2ccc(-n3c4ccccc4c4ccccc43)cc2)cc1.c1ccc(-c2nnc(-c3ccncc3)n2-c2ccc(-n3c4ccccc4c4ccccc43)cc2)cc1. The van der Waals surface area contributed by atoms with E-state index in [1.807, 2.05) is 140 Å². The summed E-state index contributed by atoms with van der Waals surface area (Å²) in [6.45, 7) is 0. The Bertz CT molecular complexity index is 8830. The molecular weight excluding hydrogens is 1820 g/mol. The molecule has 0 amide bonds. The molecule has 20 nitrogen and oxygen atoms in total. The molecule has 29 rings (SSSR count). The van der Waals surface area contributed by atoms with Crippen LogP contribution in [0.15, 0.2) is 522 Å². The van der Waals surface area contributed by atoms with E-state index in [-0.39, 0.29) is 0 Å². The summed E-state index contributed by atoms with van der Waals surface area (Å²) < 4.78 is 17.7. The van der Waals surface area contributed by atoms with E-state index in [4.69, 9.17) is 10.1 Å². The van der Waals surface area contributed by atoms with Gasteiger partial charge in [-0.1, -0.05) is 291 Å². The predicted octanol–water partition coefficient (Wildman–Crippen LogP) is 29.5. The molecule has 20 heteroatoms. The minimum Gasteiger partial charge on any atom is -0.309 e. The van der Waals surface area contributed by atoms with Crippen molar-refractivity contribution in [3.8, 4) is 137 Å². The van der Waals surface area contributed by atoms with Gasteiger partial charge in [-0.25, -0.2) is 0 Å². The molecule has 0 atom stereocenters. The zero-order valence-corrected chi connectivity index (χ0v) is 79.6. The highest BCUT2D eigenvalue weighted by Gasteiger charge is 2.27. The van der Waals surface area contributed by atoms with Gasteiger partial charge in [-0.3, -0.25) is 38.2 Å². The second-order valence-corrected chi connectivity index (χ2v) is 35.8. The lowest BCUT2D eigenvalue weighted by Gasteiger charge is -2.14. The lowest BCUT2D eigenvalue weighted by Crippen LogP contribution is -2.02. The van der Waals surface area contributed by atoms with E-state index in [0.717, 1.165) is 142 Å². The van der Waals surface area contributed by atoms with Crippen molar-refractivity contribution in [3.05, 3.63) is 522 Å².